The van der Waals surface area contributed by atoms with Crippen molar-refractivity contribution in [2.24, 2.45) is 0 Å². The quantitative estimate of drug-likeness (QED) is 0.362. The van der Waals surface area contributed by atoms with Crippen LogP contribution in [0.25, 0.3) is 5.53 Å². The molecule has 9 heteroatoms. The number of amides is 1. The van der Waals surface area contributed by atoms with Gasteiger partial charge < -0.3 is 20.7 Å². The van der Waals surface area contributed by atoms with Gasteiger partial charge in [0.25, 0.3) is 0 Å². The molecule has 2 atom stereocenters. The summed E-state index contributed by atoms with van der Waals surface area (Å²) in [6.45, 7) is 0. The summed E-state index contributed by atoms with van der Waals surface area (Å²) in [5.74, 6) is -2.96. The number of rotatable bonds is 10. The number of nitrogens with zero attached hydrogens (tertiary/aromatic N) is 2. The first kappa shape index (κ1) is 20.1. The van der Waals surface area contributed by atoms with Gasteiger partial charge >= 0.3 is 12.2 Å². The maximum absolute atomic E-state index is 12.9. The molecule has 0 aromatic heterocycles. The minimum absolute atomic E-state index is 0.130. The Balaban J connectivity index is 2.69. The van der Waals surface area contributed by atoms with E-state index in [4.69, 9.17) is 15.4 Å². The Morgan fingerprint density at radius 2 is 2.00 bits per heavy atom. The van der Waals surface area contributed by atoms with Crippen LogP contribution in [0, 0.1) is 5.82 Å². The Bertz CT molecular complexity index is 671. The Morgan fingerprint density at radius 3 is 2.52 bits per heavy atom. The first-order valence-corrected chi connectivity index (χ1v) is 7.38. The van der Waals surface area contributed by atoms with E-state index in [9.17, 15) is 18.8 Å². The Kier molecular flexibility index (Phi) is 8.11. The number of hydrogen-bond donors (Lipinski definition) is 2. The van der Waals surface area contributed by atoms with Gasteiger partial charge in [-0.1, -0.05) is 12.1 Å². The zero-order chi connectivity index (χ0) is 18.8. The van der Waals surface area contributed by atoms with Crippen LogP contribution in [0.4, 0.5) is 4.39 Å². The van der Waals surface area contributed by atoms with E-state index in [1.165, 1.54) is 31.4 Å². The van der Waals surface area contributed by atoms with Crippen LogP contribution in [-0.4, -0.2) is 53.0 Å². The molecule has 0 bridgehead atoms. The van der Waals surface area contributed by atoms with Gasteiger partial charge in [-0.25, -0.2) is 9.18 Å². The number of nitrogens with one attached hydrogen (secondary N) is 1. The molecule has 0 heterocycles. The van der Waals surface area contributed by atoms with E-state index < -0.39 is 35.6 Å². The molecule has 0 aliphatic rings. The summed E-state index contributed by atoms with van der Waals surface area (Å²) in [5, 5.41) is 11.4. The van der Waals surface area contributed by atoms with Gasteiger partial charge in [-0.05, 0) is 24.1 Å². The third-order valence-corrected chi connectivity index (χ3v) is 3.41. The molecule has 25 heavy (non-hydrogen) atoms. The predicted octanol–water partition coefficient (Wildman–Crippen LogP) is 0.602. The van der Waals surface area contributed by atoms with Crippen molar-refractivity contribution in [3.8, 4) is 0 Å². The van der Waals surface area contributed by atoms with Crippen LogP contribution < -0.4 is 5.32 Å². The minimum Gasteiger partial charge on any atom is -0.480 e. The summed E-state index contributed by atoms with van der Waals surface area (Å²) in [4.78, 5) is 37.2. The summed E-state index contributed by atoms with van der Waals surface area (Å²) < 4.78 is 18.0. The molecule has 1 rings (SSSR count). The molecule has 134 valence electrons. The van der Waals surface area contributed by atoms with Crippen LogP contribution in [0.3, 0.4) is 0 Å². The summed E-state index contributed by atoms with van der Waals surface area (Å²) in [5.41, 5.74) is 8.88. The van der Waals surface area contributed by atoms with E-state index in [2.05, 4.69) is 10.1 Å². The molecule has 0 spiro atoms. The number of ether oxygens (including phenoxy) is 1. The number of carbonyl (C=O) groups is 3. The summed E-state index contributed by atoms with van der Waals surface area (Å²) in [6, 6.07) is 4.18. The molecular weight excluding hydrogens is 333 g/mol. The molecule has 2 N–H and O–H groups in total. The fraction of sp³-hybridized carbons (Fsp3) is 0.375. The molecule has 1 aromatic carbocycles. The molecule has 0 aliphatic heterocycles. The van der Waals surface area contributed by atoms with E-state index in [0.29, 0.717) is 11.8 Å². The van der Waals surface area contributed by atoms with E-state index in [1.807, 2.05) is 0 Å². The number of carboxylic acids is 1. The van der Waals surface area contributed by atoms with E-state index in [-0.39, 0.29) is 19.3 Å². The summed E-state index contributed by atoms with van der Waals surface area (Å²) in [7, 11) is 1.30. The molecule has 1 aromatic rings. The molecule has 0 saturated carbocycles. The van der Waals surface area contributed by atoms with Gasteiger partial charge in [0.2, 0.25) is 11.7 Å². The lowest BCUT2D eigenvalue weighted by Crippen LogP contribution is -2.46. The van der Waals surface area contributed by atoms with E-state index in [1.54, 1.807) is 0 Å². The van der Waals surface area contributed by atoms with Crippen molar-refractivity contribution in [3.63, 3.8) is 0 Å². The van der Waals surface area contributed by atoms with Gasteiger partial charge in [0, 0.05) is 20.0 Å². The van der Waals surface area contributed by atoms with Crippen LogP contribution in [0.1, 0.15) is 18.4 Å². The summed E-state index contributed by atoms with van der Waals surface area (Å²) >= 11 is 0. The number of aliphatic carboxylic acids is 1. The van der Waals surface area contributed by atoms with Crippen LogP contribution in [0.5, 0.6) is 0 Å². The molecule has 0 aliphatic carbocycles. The molecule has 8 nitrogen and oxygen atoms in total. The highest BCUT2D eigenvalue weighted by atomic mass is 19.1. The van der Waals surface area contributed by atoms with Gasteiger partial charge in [0.05, 0.1) is 0 Å². The monoisotopic (exact) mass is 351 g/mol. The maximum atomic E-state index is 12.9. The standard InChI is InChI=1S/C16H18FN3O5/c1-25-14(8-10-2-4-11(17)5-3-10)15(22)20-13(16(23)24)7-6-12(21)9-19-18/h2-5,9,13-14H,6-8H2,1H3,(H,20,22)(H,23,24). The first-order chi connectivity index (χ1) is 11.9. The molecule has 2 unspecified atom stereocenters. The second-order valence-corrected chi connectivity index (χ2v) is 5.20. The minimum atomic E-state index is -1.31. The average molecular weight is 351 g/mol. The normalized spacial score (nSPS) is 12.6. The highest BCUT2D eigenvalue weighted by Gasteiger charge is 2.26. The number of carbonyl (C=O) groups excluding carboxylic acids is 2. The van der Waals surface area contributed by atoms with Crippen molar-refractivity contribution in [1.82, 2.24) is 5.32 Å². The number of Topliss-reactive ketones (excluding diaryl/α,β-unsaturated/α-hetero) is 1. The zero-order valence-electron chi connectivity index (χ0n) is 13.5. The van der Waals surface area contributed by atoms with Crippen LogP contribution >= 0.6 is 0 Å². The van der Waals surface area contributed by atoms with E-state index >= 15 is 0 Å². The molecular formula is C16H18FN3O5. The molecule has 0 fully saturated rings. The Hall–Kier alpha value is -2.90. The predicted molar refractivity (Wildman–Crippen MR) is 84.4 cm³/mol. The highest BCUT2D eigenvalue weighted by Crippen LogP contribution is 2.09. The smallest absolute Gasteiger partial charge is 0.326 e. The van der Waals surface area contributed by atoms with Gasteiger partial charge in [-0.2, -0.15) is 4.79 Å². The van der Waals surface area contributed by atoms with Crippen molar-refractivity contribution in [2.75, 3.05) is 7.11 Å². The van der Waals surface area contributed by atoms with Gasteiger partial charge in [0.15, 0.2) is 0 Å². The second kappa shape index (κ2) is 10.1. The maximum Gasteiger partial charge on any atom is 0.326 e. The Morgan fingerprint density at radius 1 is 1.36 bits per heavy atom. The van der Waals surface area contributed by atoms with Crippen molar-refractivity contribution in [2.45, 2.75) is 31.4 Å². The fourth-order valence-electron chi connectivity index (χ4n) is 2.06. The van der Waals surface area contributed by atoms with Crippen LogP contribution in [0.15, 0.2) is 24.3 Å². The van der Waals surface area contributed by atoms with Crippen molar-refractivity contribution >= 4 is 23.9 Å². The van der Waals surface area contributed by atoms with Crippen LogP contribution in [-0.2, 0) is 25.5 Å². The topological polar surface area (TPSA) is 129 Å². The van der Waals surface area contributed by atoms with Gasteiger partial charge in [0.1, 0.15) is 18.0 Å². The largest absolute Gasteiger partial charge is 0.480 e. The van der Waals surface area contributed by atoms with E-state index in [0.717, 1.165) is 0 Å². The van der Waals surface area contributed by atoms with Crippen molar-refractivity contribution in [1.29, 1.82) is 0 Å². The van der Waals surface area contributed by atoms with Gasteiger partial charge in [-0.3, -0.25) is 9.59 Å². The number of carboxylic acid groups (broad SMARTS) is 1. The van der Waals surface area contributed by atoms with Crippen molar-refractivity contribution < 1.29 is 33.4 Å². The molecule has 0 radical (unpaired) electrons. The zero-order valence-corrected chi connectivity index (χ0v) is 13.5. The molecule has 1 amide bonds. The lowest BCUT2D eigenvalue weighted by Gasteiger charge is -2.19. The third-order valence-electron chi connectivity index (χ3n) is 3.41. The number of methoxy groups -OCH3 is 1. The number of halogens is 1. The SMILES string of the molecule is COC(Cc1ccc(F)cc1)C(=O)NC(CCC(=O)C=[N+]=[N-])C(=O)O. The first-order valence-electron chi connectivity index (χ1n) is 7.38. The second-order valence-electron chi connectivity index (χ2n) is 5.20. The average Bonchev–Trinajstić information content (AvgIpc) is 2.57. The van der Waals surface area contributed by atoms with Gasteiger partial charge in [-0.15, -0.1) is 0 Å². The lowest BCUT2D eigenvalue weighted by molar-refractivity contribution is -0.144. The Labute approximate surface area is 143 Å². The lowest BCUT2D eigenvalue weighted by atomic mass is 10.1. The third kappa shape index (κ3) is 7.03. The fourth-order valence-corrected chi connectivity index (χ4v) is 2.06. The number of ketones is 1. The van der Waals surface area contributed by atoms with Crippen molar-refractivity contribution in [3.05, 3.63) is 41.2 Å². The van der Waals surface area contributed by atoms with Crippen LogP contribution in [0.2, 0.25) is 0 Å². The highest BCUT2D eigenvalue weighted by molar-refractivity contribution is 6.25. The molecule has 0 saturated heterocycles. The number of benzene rings is 1. The number of hydrogen-bond acceptors (Lipinski definition) is 4. The summed E-state index contributed by atoms with van der Waals surface area (Å²) in [6.07, 6.45) is -0.560.